The number of sulfonamides is 1. The lowest BCUT2D eigenvalue weighted by Crippen LogP contribution is -2.35. The summed E-state index contributed by atoms with van der Waals surface area (Å²) in [7, 11) is -2.65. The molecule has 162 valence electrons. The molecule has 0 unspecified atom stereocenters. The molecule has 11 heteroatoms. The van der Waals surface area contributed by atoms with E-state index in [1.807, 2.05) is 0 Å². The van der Waals surface area contributed by atoms with Crippen molar-refractivity contribution in [2.75, 3.05) is 23.6 Å². The van der Waals surface area contributed by atoms with Crippen molar-refractivity contribution in [1.82, 2.24) is 10.1 Å². The van der Waals surface area contributed by atoms with Gasteiger partial charge in [0.1, 0.15) is 11.6 Å². The molecule has 0 fully saturated rings. The molecule has 0 aliphatic rings. The minimum atomic E-state index is -4.06. The summed E-state index contributed by atoms with van der Waals surface area (Å²) in [6, 6.07) is 11.8. The number of anilines is 2. The van der Waals surface area contributed by atoms with Crippen molar-refractivity contribution >= 4 is 33.3 Å². The van der Waals surface area contributed by atoms with Gasteiger partial charge in [-0.2, -0.15) is 0 Å². The molecule has 3 rings (SSSR count). The van der Waals surface area contributed by atoms with E-state index >= 15 is 0 Å². The quantitative estimate of drug-likeness (QED) is 0.575. The number of amides is 2. The Bertz CT molecular complexity index is 1210. The third kappa shape index (κ3) is 5.45. The second-order valence-corrected chi connectivity index (χ2v) is 8.32. The monoisotopic (exact) mass is 446 g/mol. The summed E-state index contributed by atoms with van der Waals surface area (Å²) in [4.78, 5) is 26.0. The number of rotatable bonds is 7. The fourth-order valence-electron chi connectivity index (χ4n) is 2.68. The molecule has 1 aromatic heterocycles. The fourth-order valence-corrected chi connectivity index (χ4v) is 3.76. The van der Waals surface area contributed by atoms with Gasteiger partial charge in [0.05, 0.1) is 22.7 Å². The third-order valence-electron chi connectivity index (χ3n) is 4.15. The van der Waals surface area contributed by atoms with E-state index < -0.39 is 27.7 Å². The second kappa shape index (κ2) is 8.96. The predicted molar refractivity (Wildman–Crippen MR) is 110 cm³/mol. The van der Waals surface area contributed by atoms with Crippen molar-refractivity contribution in [2.45, 2.75) is 11.8 Å². The summed E-state index contributed by atoms with van der Waals surface area (Å²) >= 11 is 0. The van der Waals surface area contributed by atoms with E-state index in [2.05, 4.69) is 15.2 Å². The molecule has 3 aromatic rings. The van der Waals surface area contributed by atoms with Gasteiger partial charge in [-0.1, -0.05) is 17.3 Å². The second-order valence-electron chi connectivity index (χ2n) is 6.64. The van der Waals surface area contributed by atoms with Gasteiger partial charge < -0.3 is 14.7 Å². The Hall–Kier alpha value is -3.73. The summed E-state index contributed by atoms with van der Waals surface area (Å²) in [5.41, 5.74) is 0.0666. The largest absolute Gasteiger partial charge is 0.360 e. The Morgan fingerprint density at radius 1 is 1.13 bits per heavy atom. The molecule has 0 aliphatic heterocycles. The van der Waals surface area contributed by atoms with Gasteiger partial charge in [-0.05, 0) is 43.3 Å². The van der Waals surface area contributed by atoms with Gasteiger partial charge in [0.2, 0.25) is 5.91 Å². The first-order chi connectivity index (χ1) is 14.7. The van der Waals surface area contributed by atoms with Crippen molar-refractivity contribution in [2.24, 2.45) is 0 Å². The minimum absolute atomic E-state index is 0.0243. The van der Waals surface area contributed by atoms with Crippen LogP contribution in [0.25, 0.3) is 0 Å². The highest BCUT2D eigenvalue weighted by Crippen LogP contribution is 2.21. The van der Waals surface area contributed by atoms with E-state index in [1.165, 1.54) is 25.2 Å². The molecule has 2 amide bonds. The number of carbonyl (C=O) groups excluding carboxylic acids is 2. The number of para-hydroxylation sites is 1. The Morgan fingerprint density at radius 2 is 1.81 bits per heavy atom. The molecule has 2 N–H and O–H groups in total. The maximum absolute atomic E-state index is 13.1. The van der Waals surface area contributed by atoms with Gasteiger partial charge in [0, 0.05) is 13.1 Å². The highest BCUT2D eigenvalue weighted by molar-refractivity contribution is 7.92. The first-order valence-corrected chi connectivity index (χ1v) is 10.5. The number of hydrogen-bond donors (Lipinski definition) is 2. The topological polar surface area (TPSA) is 122 Å². The molecule has 0 bridgehead atoms. The van der Waals surface area contributed by atoms with Gasteiger partial charge in [0.25, 0.3) is 15.9 Å². The molecule has 0 saturated heterocycles. The van der Waals surface area contributed by atoms with E-state index in [0.29, 0.717) is 5.76 Å². The maximum Gasteiger partial charge on any atom is 0.261 e. The van der Waals surface area contributed by atoms with Gasteiger partial charge in [-0.25, -0.2) is 12.8 Å². The smallest absolute Gasteiger partial charge is 0.261 e. The number of aryl methyl sites for hydroxylation is 1. The summed E-state index contributed by atoms with van der Waals surface area (Å²) < 4.78 is 45.5. The number of halogens is 1. The van der Waals surface area contributed by atoms with E-state index in [1.54, 1.807) is 19.1 Å². The van der Waals surface area contributed by atoms with Crippen LogP contribution >= 0.6 is 0 Å². The van der Waals surface area contributed by atoms with Crippen molar-refractivity contribution in [1.29, 1.82) is 0 Å². The zero-order chi connectivity index (χ0) is 22.6. The number of likely N-dealkylation sites (N-methyl/N-ethyl adjacent to an activating group) is 1. The van der Waals surface area contributed by atoms with Gasteiger partial charge >= 0.3 is 0 Å². The molecule has 9 nitrogen and oxygen atoms in total. The predicted octanol–water partition coefficient (Wildman–Crippen LogP) is 2.63. The molecule has 0 radical (unpaired) electrons. The van der Waals surface area contributed by atoms with Crippen LogP contribution in [0, 0.1) is 12.7 Å². The number of carbonyl (C=O) groups is 2. The SMILES string of the molecule is Cc1cc(NC(=O)CN(C)C(=O)c2ccccc2NS(=O)(=O)c2ccc(F)cc2)no1. The molecule has 0 spiro atoms. The normalized spacial score (nSPS) is 11.1. The molecule has 0 saturated carbocycles. The highest BCUT2D eigenvalue weighted by Gasteiger charge is 2.22. The summed E-state index contributed by atoms with van der Waals surface area (Å²) in [6.45, 7) is 1.37. The van der Waals surface area contributed by atoms with Crippen molar-refractivity contribution in [3.8, 4) is 0 Å². The number of nitrogens with one attached hydrogen (secondary N) is 2. The Labute approximate surface area is 177 Å². The zero-order valence-electron chi connectivity index (χ0n) is 16.6. The van der Waals surface area contributed by atoms with Crippen LogP contribution < -0.4 is 10.0 Å². The van der Waals surface area contributed by atoms with Crippen molar-refractivity contribution in [3.63, 3.8) is 0 Å². The van der Waals surface area contributed by atoms with Crippen molar-refractivity contribution < 1.29 is 26.9 Å². The molecule has 1 heterocycles. The number of benzene rings is 2. The third-order valence-corrected chi connectivity index (χ3v) is 5.53. The van der Waals surface area contributed by atoms with Crippen LogP contribution in [0.2, 0.25) is 0 Å². The highest BCUT2D eigenvalue weighted by atomic mass is 32.2. The van der Waals surface area contributed by atoms with E-state index in [-0.39, 0.29) is 28.5 Å². The molecule has 0 atom stereocenters. The number of hydrogen-bond acceptors (Lipinski definition) is 6. The van der Waals surface area contributed by atoms with Gasteiger partial charge in [-0.15, -0.1) is 0 Å². The molecular formula is C20H19FN4O5S. The molecule has 0 aliphatic carbocycles. The maximum atomic E-state index is 13.1. The van der Waals surface area contributed by atoms with Crippen LogP contribution in [-0.4, -0.2) is 43.9 Å². The van der Waals surface area contributed by atoms with Crippen LogP contribution in [-0.2, 0) is 14.8 Å². The standard InChI is InChI=1S/C20H19FN4O5S/c1-13-11-18(23-30-13)22-19(26)12-25(2)20(27)16-5-3-4-6-17(16)24-31(28,29)15-9-7-14(21)8-10-15/h3-11,24H,12H2,1-2H3,(H,22,23,26). The van der Waals surface area contributed by atoms with E-state index in [9.17, 15) is 22.4 Å². The average Bonchev–Trinajstić information content (AvgIpc) is 3.12. The van der Waals surface area contributed by atoms with E-state index in [4.69, 9.17) is 4.52 Å². The molecule has 31 heavy (non-hydrogen) atoms. The van der Waals surface area contributed by atoms with Gasteiger partial charge in [-0.3, -0.25) is 14.3 Å². The lowest BCUT2D eigenvalue weighted by molar-refractivity contribution is -0.116. The lowest BCUT2D eigenvalue weighted by Gasteiger charge is -2.19. The van der Waals surface area contributed by atoms with Crippen LogP contribution in [0.5, 0.6) is 0 Å². The lowest BCUT2D eigenvalue weighted by atomic mass is 10.1. The fraction of sp³-hybridized carbons (Fsp3) is 0.150. The number of aromatic nitrogens is 1. The van der Waals surface area contributed by atoms with Crippen LogP contribution in [0.4, 0.5) is 15.9 Å². The Morgan fingerprint density at radius 3 is 2.45 bits per heavy atom. The molecule has 2 aromatic carbocycles. The van der Waals surface area contributed by atoms with Crippen molar-refractivity contribution in [3.05, 3.63) is 71.7 Å². The summed E-state index contributed by atoms with van der Waals surface area (Å²) in [5, 5.41) is 6.14. The van der Waals surface area contributed by atoms with Crippen LogP contribution in [0.15, 0.2) is 64.0 Å². The van der Waals surface area contributed by atoms with Gasteiger partial charge in [0.15, 0.2) is 5.82 Å². The first-order valence-electron chi connectivity index (χ1n) is 9.02. The average molecular weight is 446 g/mol. The Kier molecular flexibility index (Phi) is 6.35. The number of nitrogens with zero attached hydrogens (tertiary/aromatic N) is 2. The zero-order valence-corrected chi connectivity index (χ0v) is 17.4. The minimum Gasteiger partial charge on any atom is -0.360 e. The van der Waals surface area contributed by atoms with E-state index in [0.717, 1.165) is 29.2 Å². The Balaban J connectivity index is 1.74. The van der Waals surface area contributed by atoms with Crippen LogP contribution in [0.3, 0.4) is 0 Å². The van der Waals surface area contributed by atoms with Crippen LogP contribution in [0.1, 0.15) is 16.1 Å². The molecular weight excluding hydrogens is 427 g/mol. The summed E-state index contributed by atoms with van der Waals surface area (Å²) in [5.74, 6) is -0.925. The first kappa shape index (κ1) is 22.0. The summed E-state index contributed by atoms with van der Waals surface area (Å²) in [6.07, 6.45) is 0.